The van der Waals surface area contributed by atoms with Crippen molar-refractivity contribution >= 4 is 17.7 Å². The van der Waals surface area contributed by atoms with Gasteiger partial charge in [0.15, 0.2) is 0 Å². The third-order valence-corrected chi connectivity index (χ3v) is 10.5. The highest BCUT2D eigenvalue weighted by molar-refractivity contribution is 7.99. The van der Waals surface area contributed by atoms with Gasteiger partial charge in [0.2, 0.25) is 0 Å². The van der Waals surface area contributed by atoms with Gasteiger partial charge in [0.25, 0.3) is 0 Å². The second-order valence-corrected chi connectivity index (χ2v) is 12.1. The molecule has 1 aromatic heterocycles. The second-order valence-electron chi connectivity index (χ2n) is 11.2. The van der Waals surface area contributed by atoms with Crippen LogP contribution in [0, 0.1) is 22.7 Å². The van der Waals surface area contributed by atoms with Gasteiger partial charge in [-0.2, -0.15) is 11.8 Å². The summed E-state index contributed by atoms with van der Waals surface area (Å²) in [4.78, 5) is 23.5. The molecule has 0 bridgehead atoms. The van der Waals surface area contributed by atoms with E-state index in [1.165, 1.54) is 23.4 Å². The average Bonchev–Trinajstić information content (AvgIpc) is 3.06. The number of aliphatic hydroxyl groups is 1. The summed E-state index contributed by atoms with van der Waals surface area (Å²) in [5, 5.41) is 12.3. The third kappa shape index (κ3) is 3.54. The smallest absolute Gasteiger partial charge is 0.335 e. The number of fused-ring (bicyclic) bond motifs is 5. The summed E-state index contributed by atoms with van der Waals surface area (Å²) in [7, 11) is 0. The molecule has 0 spiro atoms. The van der Waals surface area contributed by atoms with E-state index in [9.17, 15) is 14.7 Å². The minimum atomic E-state index is -0.701. The van der Waals surface area contributed by atoms with Crippen molar-refractivity contribution in [3.05, 3.63) is 46.0 Å². The number of carbonyl (C=O) groups excluding carboxylic acids is 1. The van der Waals surface area contributed by atoms with E-state index in [1.807, 2.05) is 12.3 Å². The monoisotopic (exact) mass is 472 g/mol. The van der Waals surface area contributed by atoms with E-state index in [-0.39, 0.29) is 40.4 Å². The summed E-state index contributed by atoms with van der Waals surface area (Å²) in [5.41, 5.74) is 1.31. The van der Waals surface area contributed by atoms with Crippen LogP contribution < -0.4 is 5.63 Å². The first-order chi connectivity index (χ1) is 15.7. The first-order valence-electron chi connectivity index (χ1n) is 12.4. The average molecular weight is 473 g/mol. The maximum absolute atomic E-state index is 12.3. The fourth-order valence-corrected chi connectivity index (χ4v) is 8.49. The van der Waals surface area contributed by atoms with Gasteiger partial charge >= 0.3 is 11.6 Å². The molecule has 6 heteroatoms. The zero-order valence-electron chi connectivity index (χ0n) is 20.0. The van der Waals surface area contributed by atoms with Gasteiger partial charge in [-0.3, -0.25) is 4.79 Å². The Morgan fingerprint density at radius 1 is 1.15 bits per heavy atom. The van der Waals surface area contributed by atoms with Crippen molar-refractivity contribution < 1.29 is 19.1 Å². The quantitative estimate of drug-likeness (QED) is 0.487. The molecule has 4 aliphatic carbocycles. The van der Waals surface area contributed by atoms with Crippen LogP contribution in [-0.2, 0) is 9.53 Å². The van der Waals surface area contributed by atoms with Gasteiger partial charge in [-0.05, 0) is 98.5 Å². The summed E-state index contributed by atoms with van der Waals surface area (Å²) in [6.45, 7) is 4.65. The van der Waals surface area contributed by atoms with Crippen molar-refractivity contribution in [3.63, 3.8) is 0 Å². The van der Waals surface area contributed by atoms with Crippen LogP contribution in [0.3, 0.4) is 0 Å². The minimum Gasteiger partial charge on any atom is -0.458 e. The number of hydrogen-bond donors (Lipinski definition) is 1. The molecule has 0 aromatic carbocycles. The van der Waals surface area contributed by atoms with Crippen LogP contribution in [0.1, 0.15) is 76.7 Å². The predicted octanol–water partition coefficient (Wildman–Crippen LogP) is 5.08. The number of thioether (sulfide) groups is 1. The minimum absolute atomic E-state index is 0.0695. The van der Waals surface area contributed by atoms with Crippen LogP contribution in [0.5, 0.6) is 0 Å². The Morgan fingerprint density at radius 2 is 1.97 bits per heavy atom. The lowest BCUT2D eigenvalue weighted by atomic mass is 9.45. The molecular formula is C27H36O5S. The van der Waals surface area contributed by atoms with Gasteiger partial charge in [0, 0.05) is 11.5 Å². The molecule has 7 atom stereocenters. The first kappa shape index (κ1) is 23.2. The number of carbonyl (C=O) groups is 1. The van der Waals surface area contributed by atoms with Gasteiger partial charge in [-0.15, -0.1) is 0 Å². The predicted molar refractivity (Wildman–Crippen MR) is 129 cm³/mol. The van der Waals surface area contributed by atoms with Crippen LogP contribution in [-0.4, -0.2) is 34.8 Å². The molecule has 1 N–H and O–H groups in total. The van der Waals surface area contributed by atoms with Crippen LogP contribution in [0.2, 0.25) is 0 Å². The number of rotatable bonds is 4. The SMILES string of the molecule is CSCC(=O)O[C@@H]1C=C2CCC3C(CC[C@]4(C)[C@@H](c5ccc(=O)oc5)CC[C@]34O)[C@@]2(C)CC1. The maximum atomic E-state index is 12.3. The molecule has 5 rings (SSSR count). The zero-order valence-corrected chi connectivity index (χ0v) is 20.8. The summed E-state index contributed by atoms with van der Waals surface area (Å²) < 4.78 is 10.9. The Morgan fingerprint density at radius 3 is 2.70 bits per heavy atom. The highest BCUT2D eigenvalue weighted by Crippen LogP contribution is 2.70. The van der Waals surface area contributed by atoms with Gasteiger partial charge in [0.05, 0.1) is 17.6 Å². The largest absolute Gasteiger partial charge is 0.458 e. The zero-order chi connectivity index (χ0) is 23.4. The molecule has 0 radical (unpaired) electrons. The lowest BCUT2D eigenvalue weighted by Gasteiger charge is -2.61. The Labute approximate surface area is 200 Å². The number of allylic oxidation sites excluding steroid dienone is 1. The van der Waals surface area contributed by atoms with E-state index in [2.05, 4.69) is 19.9 Å². The fraction of sp³-hybridized carbons (Fsp3) is 0.704. The van der Waals surface area contributed by atoms with E-state index in [1.54, 1.807) is 6.26 Å². The molecular weight excluding hydrogens is 436 g/mol. The van der Waals surface area contributed by atoms with Gasteiger partial charge in [-0.1, -0.05) is 19.4 Å². The van der Waals surface area contributed by atoms with Crippen molar-refractivity contribution in [2.75, 3.05) is 12.0 Å². The molecule has 1 aromatic rings. The van der Waals surface area contributed by atoms with E-state index < -0.39 is 5.60 Å². The Hall–Kier alpha value is -1.53. The number of ether oxygens (including phenoxy) is 1. The lowest BCUT2D eigenvalue weighted by molar-refractivity contribution is -0.178. The van der Waals surface area contributed by atoms with Crippen LogP contribution >= 0.6 is 11.8 Å². The lowest BCUT2D eigenvalue weighted by Crippen LogP contribution is -2.60. The molecule has 5 nitrogen and oxygen atoms in total. The maximum Gasteiger partial charge on any atom is 0.335 e. The van der Waals surface area contributed by atoms with Gasteiger partial charge < -0.3 is 14.3 Å². The standard InChI is InChI=1S/C27H36O5S/c1-25-11-8-19(32-24(29)16-33-3)14-18(25)5-6-22-21(25)9-12-26(2)20(10-13-27(22,26)30)17-4-7-23(28)31-15-17/h4,7,14-15,19-22,30H,5-6,8-13,16H2,1-3H3/t19-,20+,21?,22?,25-,26+,27-/m0/s1. The van der Waals surface area contributed by atoms with E-state index in [0.29, 0.717) is 11.7 Å². The Balaban J connectivity index is 1.40. The molecule has 0 aliphatic heterocycles. The van der Waals surface area contributed by atoms with Crippen LogP contribution in [0.25, 0.3) is 0 Å². The second kappa shape index (κ2) is 8.30. The Kier molecular flexibility index (Phi) is 5.84. The van der Waals surface area contributed by atoms with Crippen LogP contribution in [0.4, 0.5) is 0 Å². The topological polar surface area (TPSA) is 76.7 Å². The van der Waals surface area contributed by atoms with E-state index in [4.69, 9.17) is 9.15 Å². The van der Waals surface area contributed by atoms with E-state index >= 15 is 0 Å². The van der Waals surface area contributed by atoms with Crippen LogP contribution in [0.15, 0.2) is 39.3 Å². The van der Waals surface area contributed by atoms with Crippen molar-refractivity contribution in [2.45, 2.75) is 82.8 Å². The first-order valence-corrected chi connectivity index (χ1v) is 13.8. The summed E-state index contributed by atoms with van der Waals surface area (Å²) >= 11 is 1.50. The van der Waals surface area contributed by atoms with E-state index in [0.717, 1.165) is 56.9 Å². The molecule has 0 amide bonds. The van der Waals surface area contributed by atoms with Gasteiger partial charge in [0.1, 0.15) is 6.10 Å². The van der Waals surface area contributed by atoms with Gasteiger partial charge in [-0.25, -0.2) is 4.79 Å². The molecule has 4 aliphatic rings. The fourth-order valence-electron chi connectivity index (χ4n) is 8.18. The highest BCUT2D eigenvalue weighted by atomic mass is 32.2. The number of esters is 1. The molecule has 3 saturated carbocycles. The molecule has 0 saturated heterocycles. The molecule has 2 unspecified atom stereocenters. The molecule has 1 heterocycles. The highest BCUT2D eigenvalue weighted by Gasteiger charge is 2.66. The van der Waals surface area contributed by atoms with Crippen molar-refractivity contribution in [1.82, 2.24) is 0 Å². The third-order valence-electron chi connectivity index (χ3n) is 9.93. The van der Waals surface area contributed by atoms with Crippen molar-refractivity contribution in [3.8, 4) is 0 Å². The normalized spacial score (nSPS) is 42.0. The summed E-state index contributed by atoms with van der Waals surface area (Å²) in [5.74, 6) is 1.21. The molecule has 180 valence electrons. The Bertz CT molecular complexity index is 996. The van der Waals surface area contributed by atoms with Crippen molar-refractivity contribution in [1.29, 1.82) is 0 Å². The summed E-state index contributed by atoms with van der Waals surface area (Å²) in [6.07, 6.45) is 13.3. The molecule has 33 heavy (non-hydrogen) atoms. The summed E-state index contributed by atoms with van der Waals surface area (Å²) in [6, 6.07) is 3.40. The number of hydrogen-bond acceptors (Lipinski definition) is 6. The molecule has 3 fully saturated rings. The van der Waals surface area contributed by atoms with Crippen molar-refractivity contribution in [2.24, 2.45) is 22.7 Å².